The molecule has 0 radical (unpaired) electrons. The van der Waals surface area contributed by atoms with Crippen molar-refractivity contribution in [1.29, 1.82) is 0 Å². The van der Waals surface area contributed by atoms with Gasteiger partial charge in [0.1, 0.15) is 13.2 Å². The van der Waals surface area contributed by atoms with E-state index in [0.29, 0.717) is 19.3 Å². The van der Waals surface area contributed by atoms with Crippen LogP contribution in [0.5, 0.6) is 0 Å². The summed E-state index contributed by atoms with van der Waals surface area (Å²) in [6, 6.07) is 0. The Hall–Kier alpha value is -2.63. The molecule has 0 aromatic rings. The maximum Gasteiger partial charge on any atom is 0.306 e. The number of allylic oxidation sites excluding steroid dienone is 8. The first kappa shape index (κ1) is 66.4. The van der Waals surface area contributed by atoms with Gasteiger partial charge in [-0.25, -0.2) is 0 Å². The topological polar surface area (TPSA) is 78.9 Å². The zero-order valence-corrected chi connectivity index (χ0v) is 46.1. The fraction of sp³-hybridized carbons (Fsp3) is 0.825. The molecule has 0 heterocycles. The Balaban J connectivity index is 4.35. The van der Waals surface area contributed by atoms with Crippen LogP contribution in [0.3, 0.4) is 0 Å². The van der Waals surface area contributed by atoms with E-state index in [9.17, 15) is 14.4 Å². The van der Waals surface area contributed by atoms with Crippen LogP contribution in [0.1, 0.15) is 316 Å². The summed E-state index contributed by atoms with van der Waals surface area (Å²) in [5.41, 5.74) is 0. The van der Waals surface area contributed by atoms with Crippen molar-refractivity contribution < 1.29 is 28.6 Å². The fourth-order valence-electron chi connectivity index (χ4n) is 8.81. The van der Waals surface area contributed by atoms with E-state index < -0.39 is 6.10 Å². The third-order valence-electron chi connectivity index (χ3n) is 13.3. The molecule has 0 saturated heterocycles. The van der Waals surface area contributed by atoms with Gasteiger partial charge in [-0.1, -0.05) is 268 Å². The van der Waals surface area contributed by atoms with Crippen molar-refractivity contribution in [2.75, 3.05) is 13.2 Å². The average Bonchev–Trinajstić information content (AvgIpc) is 3.35. The van der Waals surface area contributed by atoms with Crippen molar-refractivity contribution >= 4 is 17.9 Å². The van der Waals surface area contributed by atoms with E-state index in [1.165, 1.54) is 180 Å². The lowest BCUT2D eigenvalue weighted by molar-refractivity contribution is -0.167. The molecule has 0 N–H and O–H groups in total. The third-order valence-corrected chi connectivity index (χ3v) is 13.3. The van der Waals surface area contributed by atoms with E-state index in [0.717, 1.165) is 96.3 Å². The van der Waals surface area contributed by atoms with Gasteiger partial charge in [-0.05, 0) is 77.0 Å². The Morgan fingerprint density at radius 1 is 0.304 bits per heavy atom. The molecule has 0 aliphatic heterocycles. The normalized spacial score (nSPS) is 12.3. The van der Waals surface area contributed by atoms with Crippen LogP contribution >= 0.6 is 0 Å². The molecule has 69 heavy (non-hydrogen) atoms. The van der Waals surface area contributed by atoms with Crippen LogP contribution in [0, 0.1) is 0 Å². The highest BCUT2D eigenvalue weighted by molar-refractivity contribution is 5.71. The summed E-state index contributed by atoms with van der Waals surface area (Å²) in [7, 11) is 0. The van der Waals surface area contributed by atoms with Gasteiger partial charge in [-0.2, -0.15) is 0 Å². The molecular weight excluding hydrogens is 853 g/mol. The van der Waals surface area contributed by atoms with Gasteiger partial charge in [-0.15, -0.1) is 0 Å². The predicted molar refractivity (Wildman–Crippen MR) is 298 cm³/mol. The van der Waals surface area contributed by atoms with E-state index in [1.54, 1.807) is 0 Å². The number of unbranched alkanes of at least 4 members (excludes halogenated alkanes) is 36. The summed E-state index contributed by atoms with van der Waals surface area (Å²) in [6.07, 6.45) is 71.0. The lowest BCUT2D eigenvalue weighted by Crippen LogP contribution is -2.30. The predicted octanol–water partition coefficient (Wildman–Crippen LogP) is 20.2. The second-order valence-corrected chi connectivity index (χ2v) is 20.2. The number of esters is 3. The van der Waals surface area contributed by atoms with Crippen LogP contribution in [0.2, 0.25) is 0 Å². The molecule has 0 fully saturated rings. The SMILES string of the molecule is CC/C=C\C/C=C\C/C=C\CCCCCCCCC(=O)OC(COC(=O)CCCCCCC/C=C\CCCCCCCCC)COC(=O)CCCCCCCCCCCCCCCCCCCCC. The van der Waals surface area contributed by atoms with E-state index in [-0.39, 0.29) is 31.1 Å². The Morgan fingerprint density at radius 2 is 0.565 bits per heavy atom. The standard InChI is InChI=1S/C63H114O6/c1-4-7-10-13-16-19-22-25-28-31-32-33-36-38-41-44-47-50-53-56-62(65)68-59-60(69-63(66)57-54-51-48-45-42-39-35-30-27-24-21-18-15-12-9-6-3)58-67-61(64)55-52-49-46-43-40-37-34-29-26-23-20-17-14-11-8-5-2/h9,12,18,21,27,29-30,34,60H,4-8,10-11,13-17,19-20,22-26,28,31-33,35-59H2,1-3H3/b12-9-,21-18-,30-27-,34-29-. The summed E-state index contributed by atoms with van der Waals surface area (Å²) in [5, 5.41) is 0. The Morgan fingerprint density at radius 3 is 0.899 bits per heavy atom. The largest absolute Gasteiger partial charge is 0.462 e. The Kier molecular flexibility index (Phi) is 55.7. The molecule has 0 rings (SSSR count). The molecule has 0 amide bonds. The minimum Gasteiger partial charge on any atom is -0.462 e. The maximum absolute atomic E-state index is 12.9. The van der Waals surface area contributed by atoms with Gasteiger partial charge < -0.3 is 14.2 Å². The van der Waals surface area contributed by atoms with Gasteiger partial charge in [0.05, 0.1) is 0 Å². The average molecular weight is 968 g/mol. The number of hydrogen-bond acceptors (Lipinski definition) is 6. The molecule has 1 atom stereocenters. The summed E-state index contributed by atoms with van der Waals surface area (Å²) < 4.78 is 16.9. The number of carbonyl (C=O) groups excluding carboxylic acids is 3. The molecule has 6 nitrogen and oxygen atoms in total. The second-order valence-electron chi connectivity index (χ2n) is 20.2. The highest BCUT2D eigenvalue weighted by Crippen LogP contribution is 2.17. The van der Waals surface area contributed by atoms with Gasteiger partial charge in [0, 0.05) is 19.3 Å². The van der Waals surface area contributed by atoms with Crippen LogP contribution < -0.4 is 0 Å². The Labute approximate surface area is 428 Å². The third kappa shape index (κ3) is 56.2. The molecule has 402 valence electrons. The smallest absolute Gasteiger partial charge is 0.306 e. The van der Waals surface area contributed by atoms with Crippen molar-refractivity contribution in [2.24, 2.45) is 0 Å². The van der Waals surface area contributed by atoms with Crippen molar-refractivity contribution in [3.05, 3.63) is 48.6 Å². The van der Waals surface area contributed by atoms with Gasteiger partial charge in [0.2, 0.25) is 0 Å². The second kappa shape index (κ2) is 57.9. The highest BCUT2D eigenvalue weighted by Gasteiger charge is 2.19. The molecule has 0 bridgehead atoms. The van der Waals surface area contributed by atoms with E-state index in [1.807, 2.05) is 0 Å². The molecule has 1 unspecified atom stereocenters. The quantitative estimate of drug-likeness (QED) is 0.0262. The first-order valence-electron chi connectivity index (χ1n) is 30.1. The highest BCUT2D eigenvalue weighted by atomic mass is 16.6. The summed E-state index contributed by atoms with van der Waals surface area (Å²) in [6.45, 7) is 6.55. The van der Waals surface area contributed by atoms with Crippen molar-refractivity contribution in [2.45, 2.75) is 322 Å². The number of ether oxygens (including phenoxy) is 3. The van der Waals surface area contributed by atoms with Crippen LogP contribution in [0.25, 0.3) is 0 Å². The molecule has 0 aromatic heterocycles. The molecule has 0 saturated carbocycles. The molecule has 0 aliphatic rings. The molecule has 6 heteroatoms. The minimum absolute atomic E-state index is 0.0779. The van der Waals surface area contributed by atoms with Gasteiger partial charge in [0.25, 0.3) is 0 Å². The first-order valence-corrected chi connectivity index (χ1v) is 30.1. The maximum atomic E-state index is 12.9. The summed E-state index contributed by atoms with van der Waals surface area (Å²) in [4.78, 5) is 38.2. The zero-order valence-electron chi connectivity index (χ0n) is 46.1. The lowest BCUT2D eigenvalue weighted by atomic mass is 10.0. The van der Waals surface area contributed by atoms with Crippen molar-refractivity contribution in [3.8, 4) is 0 Å². The molecule has 0 aliphatic carbocycles. The van der Waals surface area contributed by atoms with Crippen LogP contribution in [0.4, 0.5) is 0 Å². The monoisotopic (exact) mass is 967 g/mol. The summed E-state index contributed by atoms with van der Waals surface area (Å²) in [5.74, 6) is -0.882. The summed E-state index contributed by atoms with van der Waals surface area (Å²) >= 11 is 0. The fourth-order valence-corrected chi connectivity index (χ4v) is 8.81. The van der Waals surface area contributed by atoms with Crippen LogP contribution in [-0.4, -0.2) is 37.2 Å². The molecule has 0 spiro atoms. The first-order chi connectivity index (χ1) is 34.0. The number of rotatable bonds is 55. The number of carbonyl (C=O) groups is 3. The Bertz CT molecular complexity index is 1200. The van der Waals surface area contributed by atoms with Gasteiger partial charge >= 0.3 is 17.9 Å². The van der Waals surface area contributed by atoms with Gasteiger partial charge in [0.15, 0.2) is 6.10 Å². The van der Waals surface area contributed by atoms with Crippen molar-refractivity contribution in [1.82, 2.24) is 0 Å². The zero-order chi connectivity index (χ0) is 50.0. The van der Waals surface area contributed by atoms with Crippen LogP contribution in [-0.2, 0) is 28.6 Å². The van der Waals surface area contributed by atoms with E-state index >= 15 is 0 Å². The molecule has 0 aromatic carbocycles. The van der Waals surface area contributed by atoms with E-state index in [2.05, 4.69) is 69.4 Å². The minimum atomic E-state index is -0.782. The van der Waals surface area contributed by atoms with Crippen LogP contribution in [0.15, 0.2) is 48.6 Å². The van der Waals surface area contributed by atoms with Crippen molar-refractivity contribution in [3.63, 3.8) is 0 Å². The lowest BCUT2D eigenvalue weighted by Gasteiger charge is -2.18. The van der Waals surface area contributed by atoms with E-state index in [4.69, 9.17) is 14.2 Å². The molecular formula is C63H114O6. The van der Waals surface area contributed by atoms with Gasteiger partial charge in [-0.3, -0.25) is 14.4 Å². The number of hydrogen-bond donors (Lipinski definition) is 0.